The third kappa shape index (κ3) is 3.20. The van der Waals surface area contributed by atoms with E-state index < -0.39 is 0 Å². The maximum Gasteiger partial charge on any atom is 0.236 e. The Bertz CT molecular complexity index is 529. The number of carbonyl (C=O) groups excluding carboxylic acids is 2. The van der Waals surface area contributed by atoms with Gasteiger partial charge in [0.15, 0.2) is 0 Å². The van der Waals surface area contributed by atoms with E-state index in [1.165, 1.54) is 19.3 Å². The number of nitrogens with one attached hydrogen (secondary N) is 1. The van der Waals surface area contributed by atoms with Crippen LogP contribution in [0.1, 0.15) is 52.4 Å². The van der Waals surface area contributed by atoms with Gasteiger partial charge >= 0.3 is 0 Å². The molecule has 5 unspecified atom stereocenters. The molecule has 25 heavy (non-hydrogen) atoms. The van der Waals surface area contributed by atoms with Crippen molar-refractivity contribution in [3.8, 4) is 0 Å². The number of piperidine rings is 1. The number of thioether (sulfide) groups is 1. The highest BCUT2D eigenvalue weighted by Crippen LogP contribution is 2.43. The first-order valence-corrected chi connectivity index (χ1v) is 11.0. The van der Waals surface area contributed by atoms with Crippen molar-refractivity contribution >= 4 is 23.6 Å². The largest absolute Gasteiger partial charge is 0.335 e. The summed E-state index contributed by atoms with van der Waals surface area (Å²) in [5.41, 5.74) is 0. The van der Waals surface area contributed by atoms with Crippen LogP contribution >= 0.6 is 11.8 Å². The van der Waals surface area contributed by atoms with E-state index in [0.29, 0.717) is 23.6 Å². The number of hydrogen-bond acceptors (Lipinski definition) is 4. The first-order chi connectivity index (χ1) is 12.1. The second-order valence-electron chi connectivity index (χ2n) is 8.34. The first kappa shape index (κ1) is 17.7. The topological polar surface area (TPSA) is 52.7 Å². The molecule has 0 aromatic carbocycles. The molecule has 1 saturated carbocycles. The van der Waals surface area contributed by atoms with Gasteiger partial charge in [0.05, 0.1) is 17.3 Å². The zero-order valence-corrected chi connectivity index (χ0v) is 16.3. The Morgan fingerprint density at radius 2 is 1.88 bits per heavy atom. The maximum atomic E-state index is 13.4. The van der Waals surface area contributed by atoms with Crippen molar-refractivity contribution in [3.05, 3.63) is 0 Å². The Morgan fingerprint density at radius 1 is 1.12 bits per heavy atom. The highest BCUT2D eigenvalue weighted by molar-refractivity contribution is 8.01. The predicted molar refractivity (Wildman–Crippen MR) is 100 cm³/mol. The quantitative estimate of drug-likeness (QED) is 0.771. The summed E-state index contributed by atoms with van der Waals surface area (Å²) in [7, 11) is 0. The lowest BCUT2D eigenvalue weighted by Gasteiger charge is -2.53. The molecule has 140 valence electrons. The van der Waals surface area contributed by atoms with Crippen molar-refractivity contribution in [1.29, 1.82) is 0 Å². The molecule has 4 rings (SSSR count). The summed E-state index contributed by atoms with van der Waals surface area (Å²) in [6.45, 7) is 6.66. The third-order valence-electron chi connectivity index (χ3n) is 6.73. The monoisotopic (exact) mass is 365 g/mol. The van der Waals surface area contributed by atoms with Crippen molar-refractivity contribution in [1.82, 2.24) is 15.1 Å². The number of rotatable bonds is 1. The van der Waals surface area contributed by atoms with E-state index >= 15 is 0 Å². The highest BCUT2D eigenvalue weighted by atomic mass is 32.2. The molecular weight excluding hydrogens is 334 g/mol. The van der Waals surface area contributed by atoms with Crippen molar-refractivity contribution in [2.75, 3.05) is 19.6 Å². The molecule has 2 amide bonds. The second kappa shape index (κ2) is 7.10. The summed E-state index contributed by atoms with van der Waals surface area (Å²) in [4.78, 5) is 29.8. The molecule has 3 aliphatic heterocycles. The van der Waals surface area contributed by atoms with Crippen LogP contribution in [0.5, 0.6) is 0 Å². The molecule has 1 N–H and O–H groups in total. The van der Waals surface area contributed by atoms with Crippen LogP contribution in [0.4, 0.5) is 0 Å². The van der Waals surface area contributed by atoms with E-state index in [4.69, 9.17) is 0 Å². The second-order valence-corrected chi connectivity index (χ2v) is 9.78. The average Bonchev–Trinajstić information content (AvgIpc) is 3.04. The molecule has 3 heterocycles. The summed E-state index contributed by atoms with van der Waals surface area (Å²) in [6.07, 6.45) is 6.71. The molecule has 0 bridgehead atoms. The Morgan fingerprint density at radius 3 is 2.60 bits per heavy atom. The Balaban J connectivity index is 1.51. The van der Waals surface area contributed by atoms with Crippen molar-refractivity contribution < 1.29 is 9.59 Å². The molecule has 5 nitrogen and oxygen atoms in total. The molecule has 0 radical (unpaired) electrons. The summed E-state index contributed by atoms with van der Waals surface area (Å²) in [6, 6.07) is 0.605. The lowest BCUT2D eigenvalue weighted by Crippen LogP contribution is -2.67. The maximum absolute atomic E-state index is 13.4. The van der Waals surface area contributed by atoms with Gasteiger partial charge in [-0.1, -0.05) is 12.8 Å². The normalized spacial score (nSPS) is 41.2. The minimum Gasteiger partial charge on any atom is -0.335 e. The summed E-state index contributed by atoms with van der Waals surface area (Å²) < 4.78 is 0. The fourth-order valence-electron chi connectivity index (χ4n) is 5.61. The van der Waals surface area contributed by atoms with E-state index in [1.807, 2.05) is 11.8 Å². The van der Waals surface area contributed by atoms with E-state index in [1.54, 1.807) is 6.92 Å². The first-order valence-electron chi connectivity index (χ1n) is 10.0. The molecule has 0 aromatic rings. The molecule has 0 spiro atoms. The molecule has 4 aliphatic rings. The van der Waals surface area contributed by atoms with Crippen LogP contribution in [0.3, 0.4) is 0 Å². The highest BCUT2D eigenvalue weighted by Gasteiger charge is 2.48. The van der Waals surface area contributed by atoms with E-state index in [-0.39, 0.29) is 29.3 Å². The molecule has 3 saturated heterocycles. The average molecular weight is 366 g/mol. The van der Waals surface area contributed by atoms with Gasteiger partial charge in [0.25, 0.3) is 0 Å². The zero-order chi connectivity index (χ0) is 17.6. The minimum atomic E-state index is 0.133. The zero-order valence-electron chi connectivity index (χ0n) is 15.4. The summed E-state index contributed by atoms with van der Waals surface area (Å²) in [5.74, 6) is 1.23. The smallest absolute Gasteiger partial charge is 0.236 e. The summed E-state index contributed by atoms with van der Waals surface area (Å²) in [5, 5.41) is 4.22. The molecule has 0 aromatic heterocycles. The van der Waals surface area contributed by atoms with Crippen LogP contribution in [0.15, 0.2) is 0 Å². The predicted octanol–water partition coefficient (Wildman–Crippen LogP) is 1.86. The molecule has 1 aliphatic carbocycles. The van der Waals surface area contributed by atoms with Gasteiger partial charge in [-0.3, -0.25) is 9.59 Å². The van der Waals surface area contributed by atoms with E-state index in [0.717, 1.165) is 32.4 Å². The molecule has 6 atom stereocenters. The number of hydrogen-bond donors (Lipinski definition) is 1. The summed E-state index contributed by atoms with van der Waals surface area (Å²) >= 11 is 1.91. The van der Waals surface area contributed by atoms with Crippen molar-refractivity contribution in [2.24, 2.45) is 5.92 Å². The standard InChI is InChI=1S/C19H31N3O2S/c1-12-11-21(15-5-3-4-6-16(15)22(12)13(2)23)19(24)17-9-14-7-8-20-10-18(14)25-17/h12,14-18,20H,3-11H2,1-2H3/t12-,14?,15?,16?,17?,18?/m0/s1. The third-order valence-corrected chi connectivity index (χ3v) is 8.35. The Kier molecular flexibility index (Phi) is 5.02. The van der Waals surface area contributed by atoms with Gasteiger partial charge in [0.2, 0.25) is 11.8 Å². The van der Waals surface area contributed by atoms with Gasteiger partial charge in [-0.15, -0.1) is 11.8 Å². The number of fused-ring (bicyclic) bond motifs is 2. The van der Waals surface area contributed by atoms with Crippen LogP contribution in [-0.4, -0.2) is 69.9 Å². The van der Waals surface area contributed by atoms with Crippen molar-refractivity contribution in [2.45, 2.75) is 81.0 Å². The molecule has 6 heteroatoms. The number of amides is 2. The van der Waals surface area contributed by atoms with Crippen LogP contribution in [0, 0.1) is 5.92 Å². The van der Waals surface area contributed by atoms with Gasteiger partial charge in [-0.2, -0.15) is 0 Å². The van der Waals surface area contributed by atoms with Gasteiger partial charge in [0.1, 0.15) is 0 Å². The number of carbonyl (C=O) groups is 2. The van der Waals surface area contributed by atoms with Crippen molar-refractivity contribution in [3.63, 3.8) is 0 Å². The lowest BCUT2D eigenvalue weighted by atomic mass is 9.84. The molecule has 4 fully saturated rings. The van der Waals surface area contributed by atoms with E-state index in [2.05, 4.69) is 22.0 Å². The van der Waals surface area contributed by atoms with Crippen LogP contribution < -0.4 is 5.32 Å². The lowest BCUT2D eigenvalue weighted by molar-refractivity contribution is -0.152. The molecular formula is C19H31N3O2S. The van der Waals surface area contributed by atoms with Crippen LogP contribution in [-0.2, 0) is 9.59 Å². The number of nitrogens with zero attached hydrogens (tertiary/aromatic N) is 2. The fourth-order valence-corrected chi connectivity index (χ4v) is 7.33. The van der Waals surface area contributed by atoms with Gasteiger partial charge in [-0.05, 0) is 45.1 Å². The fraction of sp³-hybridized carbons (Fsp3) is 0.895. The number of piperazine rings is 1. The van der Waals surface area contributed by atoms with Gasteiger partial charge < -0.3 is 15.1 Å². The SMILES string of the molecule is CC(=O)N1C2CCCCC2N(C(=O)C2CC3CCNCC3S2)C[C@@H]1C. The van der Waals surface area contributed by atoms with Gasteiger partial charge in [-0.25, -0.2) is 0 Å². The Labute approximate surface area is 155 Å². The van der Waals surface area contributed by atoms with Crippen LogP contribution in [0.2, 0.25) is 0 Å². The van der Waals surface area contributed by atoms with Crippen LogP contribution in [0.25, 0.3) is 0 Å². The minimum absolute atomic E-state index is 0.133. The van der Waals surface area contributed by atoms with E-state index in [9.17, 15) is 9.59 Å². The Hall–Kier alpha value is -0.750. The van der Waals surface area contributed by atoms with Gasteiger partial charge in [0, 0.05) is 31.3 Å².